The van der Waals surface area contributed by atoms with Crippen LogP contribution in [-0.4, -0.2) is 57.0 Å². The summed E-state index contributed by atoms with van der Waals surface area (Å²) in [6.45, 7) is 2.79. The van der Waals surface area contributed by atoms with Crippen molar-refractivity contribution < 1.29 is 23.8 Å². The molecule has 0 unspecified atom stereocenters. The van der Waals surface area contributed by atoms with Gasteiger partial charge in [-0.3, -0.25) is 0 Å². The standard InChI is InChI=1S/C20H21N3O5/c1-26-19(24)15-4-2-3-5-16(15)21-20(25)23-10-8-22(9-11-23)14-6-7-17-18(12-14)28-13-27-17/h2-7,12H,8-11,13H2,1H3,(H,21,25). The van der Waals surface area contributed by atoms with E-state index in [-0.39, 0.29) is 12.8 Å². The van der Waals surface area contributed by atoms with Crippen LogP contribution in [0.1, 0.15) is 10.4 Å². The van der Waals surface area contributed by atoms with Crippen LogP contribution in [0.2, 0.25) is 0 Å². The SMILES string of the molecule is COC(=O)c1ccccc1NC(=O)N1CCN(c2ccc3c(c2)OCO3)CC1. The highest BCUT2D eigenvalue weighted by Crippen LogP contribution is 2.35. The van der Waals surface area contributed by atoms with Crippen LogP contribution < -0.4 is 19.7 Å². The number of carbonyl (C=O) groups excluding carboxylic acids is 2. The number of hydrogen-bond donors (Lipinski definition) is 1. The molecule has 1 fully saturated rings. The summed E-state index contributed by atoms with van der Waals surface area (Å²) in [6.07, 6.45) is 0. The first-order chi connectivity index (χ1) is 13.7. The number of anilines is 2. The van der Waals surface area contributed by atoms with E-state index in [0.717, 1.165) is 17.2 Å². The number of piperazine rings is 1. The second-order valence-corrected chi connectivity index (χ2v) is 6.48. The van der Waals surface area contributed by atoms with Gasteiger partial charge in [-0.05, 0) is 24.3 Å². The Morgan fingerprint density at radius 3 is 2.54 bits per heavy atom. The number of carbonyl (C=O) groups is 2. The van der Waals surface area contributed by atoms with Crippen LogP contribution in [0, 0.1) is 0 Å². The summed E-state index contributed by atoms with van der Waals surface area (Å²) in [7, 11) is 1.32. The zero-order valence-electron chi connectivity index (χ0n) is 15.5. The van der Waals surface area contributed by atoms with Crippen LogP contribution >= 0.6 is 0 Å². The summed E-state index contributed by atoms with van der Waals surface area (Å²) in [5.74, 6) is 1.02. The molecule has 0 spiro atoms. The molecule has 8 nitrogen and oxygen atoms in total. The number of urea groups is 1. The average molecular weight is 383 g/mol. The molecule has 0 aliphatic carbocycles. The number of nitrogens with one attached hydrogen (secondary N) is 1. The molecule has 1 saturated heterocycles. The number of benzene rings is 2. The van der Waals surface area contributed by atoms with E-state index in [0.29, 0.717) is 37.4 Å². The van der Waals surface area contributed by atoms with Crippen molar-refractivity contribution in [3.63, 3.8) is 0 Å². The van der Waals surface area contributed by atoms with Crippen LogP contribution in [0.25, 0.3) is 0 Å². The number of nitrogens with zero attached hydrogens (tertiary/aromatic N) is 2. The van der Waals surface area contributed by atoms with Crippen LogP contribution in [0.3, 0.4) is 0 Å². The zero-order valence-corrected chi connectivity index (χ0v) is 15.5. The van der Waals surface area contributed by atoms with Gasteiger partial charge in [0.1, 0.15) is 0 Å². The third-order valence-corrected chi connectivity index (χ3v) is 4.86. The number of esters is 1. The molecule has 0 saturated carbocycles. The van der Waals surface area contributed by atoms with Crippen LogP contribution in [0.15, 0.2) is 42.5 Å². The van der Waals surface area contributed by atoms with Gasteiger partial charge in [0.05, 0.1) is 18.4 Å². The van der Waals surface area contributed by atoms with E-state index in [1.807, 2.05) is 18.2 Å². The molecule has 0 atom stereocenters. The van der Waals surface area contributed by atoms with E-state index in [2.05, 4.69) is 10.2 Å². The van der Waals surface area contributed by atoms with E-state index in [1.165, 1.54) is 7.11 Å². The minimum Gasteiger partial charge on any atom is -0.465 e. The fourth-order valence-corrected chi connectivity index (χ4v) is 3.32. The van der Waals surface area contributed by atoms with Gasteiger partial charge in [-0.1, -0.05) is 12.1 Å². The Morgan fingerprint density at radius 2 is 1.75 bits per heavy atom. The number of fused-ring (bicyclic) bond motifs is 1. The molecular weight excluding hydrogens is 362 g/mol. The number of ether oxygens (including phenoxy) is 3. The van der Waals surface area contributed by atoms with Gasteiger partial charge in [-0.25, -0.2) is 9.59 Å². The van der Waals surface area contributed by atoms with Gasteiger partial charge in [0.2, 0.25) is 6.79 Å². The highest BCUT2D eigenvalue weighted by Gasteiger charge is 2.24. The Morgan fingerprint density at radius 1 is 1.00 bits per heavy atom. The molecule has 0 radical (unpaired) electrons. The monoisotopic (exact) mass is 383 g/mol. The Balaban J connectivity index is 1.38. The smallest absolute Gasteiger partial charge is 0.339 e. The minimum absolute atomic E-state index is 0.235. The van der Waals surface area contributed by atoms with E-state index in [1.54, 1.807) is 29.2 Å². The molecular formula is C20H21N3O5. The van der Waals surface area contributed by atoms with Gasteiger partial charge in [-0.15, -0.1) is 0 Å². The van der Waals surface area contributed by atoms with Gasteiger partial charge in [0.15, 0.2) is 11.5 Å². The lowest BCUT2D eigenvalue weighted by molar-refractivity contribution is 0.0602. The van der Waals surface area contributed by atoms with Gasteiger partial charge < -0.3 is 29.3 Å². The van der Waals surface area contributed by atoms with Gasteiger partial charge in [0, 0.05) is 37.9 Å². The van der Waals surface area contributed by atoms with Crippen molar-refractivity contribution in [2.45, 2.75) is 0 Å². The van der Waals surface area contributed by atoms with Crippen molar-refractivity contribution in [2.24, 2.45) is 0 Å². The lowest BCUT2D eigenvalue weighted by Gasteiger charge is -2.36. The lowest BCUT2D eigenvalue weighted by atomic mass is 10.2. The van der Waals surface area contributed by atoms with Crippen molar-refractivity contribution in [1.29, 1.82) is 0 Å². The van der Waals surface area contributed by atoms with Crippen LogP contribution in [0.5, 0.6) is 11.5 Å². The van der Waals surface area contributed by atoms with Gasteiger partial charge in [-0.2, -0.15) is 0 Å². The molecule has 2 aliphatic heterocycles. The van der Waals surface area contributed by atoms with Gasteiger partial charge in [0.25, 0.3) is 0 Å². The molecule has 0 bridgehead atoms. The Bertz CT molecular complexity index is 893. The maximum Gasteiger partial charge on any atom is 0.339 e. The Kier molecular flexibility index (Phi) is 4.92. The van der Waals surface area contributed by atoms with Crippen molar-refractivity contribution >= 4 is 23.4 Å². The van der Waals surface area contributed by atoms with Gasteiger partial charge >= 0.3 is 12.0 Å². The molecule has 1 N–H and O–H groups in total. The number of hydrogen-bond acceptors (Lipinski definition) is 6. The van der Waals surface area contributed by atoms with Crippen molar-refractivity contribution in [3.05, 3.63) is 48.0 Å². The molecule has 146 valence electrons. The number of amides is 2. The molecule has 2 aromatic rings. The summed E-state index contributed by atoms with van der Waals surface area (Å²) < 4.78 is 15.5. The van der Waals surface area contributed by atoms with Crippen molar-refractivity contribution in [1.82, 2.24) is 4.90 Å². The highest BCUT2D eigenvalue weighted by atomic mass is 16.7. The summed E-state index contributed by atoms with van der Waals surface area (Å²) in [6, 6.07) is 12.4. The Hall–Kier alpha value is -3.42. The minimum atomic E-state index is -0.483. The van der Waals surface area contributed by atoms with E-state index >= 15 is 0 Å². The first-order valence-electron chi connectivity index (χ1n) is 9.03. The second kappa shape index (κ2) is 7.67. The molecule has 8 heteroatoms. The highest BCUT2D eigenvalue weighted by molar-refractivity contribution is 6.00. The Labute approximate surface area is 162 Å². The third kappa shape index (κ3) is 3.53. The molecule has 0 aromatic heterocycles. The van der Waals surface area contributed by atoms with E-state index in [4.69, 9.17) is 14.2 Å². The first kappa shape index (κ1) is 18.0. The van der Waals surface area contributed by atoms with E-state index in [9.17, 15) is 9.59 Å². The lowest BCUT2D eigenvalue weighted by Crippen LogP contribution is -2.50. The molecule has 2 aliphatic rings. The molecule has 2 aromatic carbocycles. The largest absolute Gasteiger partial charge is 0.465 e. The predicted molar refractivity (Wildman–Crippen MR) is 103 cm³/mol. The third-order valence-electron chi connectivity index (χ3n) is 4.86. The quantitative estimate of drug-likeness (QED) is 0.821. The topological polar surface area (TPSA) is 80.3 Å². The number of rotatable bonds is 3. The first-order valence-corrected chi connectivity index (χ1v) is 9.03. The average Bonchev–Trinajstić information content (AvgIpc) is 3.21. The van der Waals surface area contributed by atoms with Crippen molar-refractivity contribution in [2.75, 3.05) is 50.3 Å². The number of methoxy groups -OCH3 is 1. The molecule has 2 amide bonds. The van der Waals surface area contributed by atoms with Crippen molar-refractivity contribution in [3.8, 4) is 11.5 Å². The predicted octanol–water partition coefficient (Wildman–Crippen LogP) is 2.56. The normalized spacial score (nSPS) is 15.3. The fourth-order valence-electron chi connectivity index (χ4n) is 3.32. The van der Waals surface area contributed by atoms with Crippen LogP contribution in [0.4, 0.5) is 16.2 Å². The summed E-state index contributed by atoms with van der Waals surface area (Å²) in [5, 5.41) is 2.82. The molecule has 28 heavy (non-hydrogen) atoms. The second-order valence-electron chi connectivity index (χ2n) is 6.48. The maximum atomic E-state index is 12.6. The fraction of sp³-hybridized carbons (Fsp3) is 0.300. The molecule has 4 rings (SSSR count). The summed E-state index contributed by atoms with van der Waals surface area (Å²) >= 11 is 0. The van der Waals surface area contributed by atoms with E-state index < -0.39 is 5.97 Å². The summed E-state index contributed by atoms with van der Waals surface area (Å²) in [4.78, 5) is 28.4. The maximum absolute atomic E-state index is 12.6. The molecule has 2 heterocycles. The van der Waals surface area contributed by atoms with Crippen LogP contribution in [-0.2, 0) is 4.74 Å². The number of para-hydroxylation sites is 1. The zero-order chi connectivity index (χ0) is 19.5. The summed E-state index contributed by atoms with van der Waals surface area (Å²) in [5.41, 5.74) is 1.82.